The van der Waals surface area contributed by atoms with Gasteiger partial charge in [0.25, 0.3) is 0 Å². The van der Waals surface area contributed by atoms with Crippen molar-refractivity contribution >= 4 is 5.95 Å². The maximum atomic E-state index is 8.96. The fraction of sp³-hybridized carbons (Fsp3) is 0.778. The molecule has 1 aliphatic carbocycles. The lowest BCUT2D eigenvalue weighted by Gasteiger charge is -2.26. The molecule has 0 spiro atoms. The van der Waals surface area contributed by atoms with Gasteiger partial charge in [0.05, 0.1) is 6.04 Å². The molecule has 2 heterocycles. The number of rotatable bonds is 1. The third-order valence-electron chi connectivity index (χ3n) is 3.27. The van der Waals surface area contributed by atoms with Crippen molar-refractivity contribution < 1.29 is 5.11 Å². The molecule has 0 saturated heterocycles. The molecule has 1 aliphatic heterocycles. The van der Waals surface area contributed by atoms with Gasteiger partial charge in [0.15, 0.2) is 5.82 Å². The molecule has 14 heavy (non-hydrogen) atoms. The summed E-state index contributed by atoms with van der Waals surface area (Å²) in [5, 5.41) is 16.5. The molecule has 1 aromatic heterocycles. The molecular weight excluding hydrogens is 180 g/mol. The average molecular weight is 194 g/mol. The van der Waals surface area contributed by atoms with Gasteiger partial charge in [0.1, 0.15) is 6.61 Å². The van der Waals surface area contributed by atoms with Crippen LogP contribution in [0.5, 0.6) is 0 Å². The largest absolute Gasteiger partial charge is 0.388 e. The molecule has 1 aromatic rings. The molecule has 2 unspecified atom stereocenters. The van der Waals surface area contributed by atoms with Crippen LogP contribution >= 0.6 is 0 Å². The highest BCUT2D eigenvalue weighted by molar-refractivity contribution is 5.29. The third kappa shape index (κ3) is 1.05. The van der Waals surface area contributed by atoms with Gasteiger partial charge in [0, 0.05) is 6.54 Å². The van der Waals surface area contributed by atoms with Crippen LogP contribution in [0.15, 0.2) is 0 Å². The zero-order valence-corrected chi connectivity index (χ0v) is 7.98. The molecule has 0 radical (unpaired) electrons. The average Bonchev–Trinajstić information content (AvgIpc) is 2.82. The van der Waals surface area contributed by atoms with E-state index >= 15 is 0 Å². The Balaban J connectivity index is 2.00. The van der Waals surface area contributed by atoms with Crippen LogP contribution in [0.3, 0.4) is 0 Å². The number of hydrogen-bond acceptors (Lipinski definition) is 4. The van der Waals surface area contributed by atoms with Crippen molar-refractivity contribution in [2.45, 2.75) is 31.9 Å². The topological polar surface area (TPSA) is 63.0 Å². The number of hydrogen-bond donors (Lipinski definition) is 2. The summed E-state index contributed by atoms with van der Waals surface area (Å²) in [6.07, 6.45) is 3.77. The first-order valence-electron chi connectivity index (χ1n) is 5.18. The number of nitrogens with zero attached hydrogens (tertiary/aromatic N) is 3. The van der Waals surface area contributed by atoms with Gasteiger partial charge in [-0.3, -0.25) is 0 Å². The Morgan fingerprint density at radius 2 is 2.43 bits per heavy atom. The maximum Gasteiger partial charge on any atom is 0.221 e. The molecule has 0 aromatic carbocycles. The molecule has 1 saturated carbocycles. The van der Waals surface area contributed by atoms with E-state index in [2.05, 4.69) is 15.4 Å². The predicted molar refractivity (Wildman–Crippen MR) is 50.8 cm³/mol. The third-order valence-corrected chi connectivity index (χ3v) is 3.27. The van der Waals surface area contributed by atoms with Gasteiger partial charge in [0.2, 0.25) is 5.95 Å². The minimum absolute atomic E-state index is 0.0704. The second-order valence-electron chi connectivity index (χ2n) is 4.09. The van der Waals surface area contributed by atoms with Gasteiger partial charge >= 0.3 is 0 Å². The van der Waals surface area contributed by atoms with Gasteiger partial charge in [-0.15, -0.1) is 0 Å². The standard InChI is InChI=1S/C9H14N4O/c14-5-8-11-9-10-4-6-2-1-3-7(6)13(9)12-8/h6-7,14H,1-5H2,(H,10,11,12). The number of aromatic nitrogens is 3. The zero-order valence-electron chi connectivity index (χ0n) is 7.98. The van der Waals surface area contributed by atoms with E-state index in [1.54, 1.807) is 0 Å². The summed E-state index contributed by atoms with van der Waals surface area (Å²) < 4.78 is 1.96. The zero-order chi connectivity index (χ0) is 9.54. The fourth-order valence-electron chi connectivity index (χ4n) is 2.59. The molecule has 2 aliphatic rings. The van der Waals surface area contributed by atoms with Crippen LogP contribution in [0.25, 0.3) is 0 Å². The van der Waals surface area contributed by atoms with E-state index in [0.717, 1.165) is 12.5 Å². The van der Waals surface area contributed by atoms with Crippen molar-refractivity contribution in [3.05, 3.63) is 5.82 Å². The summed E-state index contributed by atoms with van der Waals surface area (Å²) in [5.74, 6) is 2.06. The Kier molecular flexibility index (Phi) is 1.73. The molecule has 1 fully saturated rings. The van der Waals surface area contributed by atoms with Gasteiger partial charge in [-0.25, -0.2) is 4.68 Å². The van der Waals surface area contributed by atoms with Crippen LogP contribution in [0.4, 0.5) is 5.95 Å². The minimum Gasteiger partial charge on any atom is -0.388 e. The quantitative estimate of drug-likeness (QED) is 0.684. The van der Waals surface area contributed by atoms with Crippen molar-refractivity contribution in [3.8, 4) is 0 Å². The summed E-state index contributed by atoms with van der Waals surface area (Å²) in [6.45, 7) is 0.938. The van der Waals surface area contributed by atoms with Crippen LogP contribution in [-0.2, 0) is 6.61 Å². The van der Waals surface area contributed by atoms with Crippen molar-refractivity contribution in [1.82, 2.24) is 14.8 Å². The number of aliphatic hydroxyl groups excluding tert-OH is 1. The van der Waals surface area contributed by atoms with Crippen LogP contribution in [0.1, 0.15) is 31.1 Å². The van der Waals surface area contributed by atoms with E-state index < -0.39 is 0 Å². The molecule has 2 atom stereocenters. The van der Waals surface area contributed by atoms with Crippen molar-refractivity contribution in [1.29, 1.82) is 0 Å². The first kappa shape index (κ1) is 8.23. The van der Waals surface area contributed by atoms with Crippen molar-refractivity contribution in [3.63, 3.8) is 0 Å². The van der Waals surface area contributed by atoms with E-state index in [4.69, 9.17) is 5.11 Å². The predicted octanol–water partition coefficient (Wildman–Crippen LogP) is 0.537. The highest BCUT2D eigenvalue weighted by Crippen LogP contribution is 2.39. The Hall–Kier alpha value is -1.10. The van der Waals surface area contributed by atoms with Crippen LogP contribution in [0, 0.1) is 5.92 Å². The molecule has 0 bridgehead atoms. The molecule has 2 N–H and O–H groups in total. The van der Waals surface area contributed by atoms with E-state index in [0.29, 0.717) is 17.8 Å². The monoisotopic (exact) mass is 194 g/mol. The second kappa shape index (κ2) is 2.95. The van der Waals surface area contributed by atoms with Gasteiger partial charge in [-0.1, -0.05) is 6.42 Å². The first-order valence-corrected chi connectivity index (χ1v) is 5.18. The lowest BCUT2D eigenvalue weighted by Crippen LogP contribution is -2.29. The summed E-state index contributed by atoms with van der Waals surface area (Å²) in [7, 11) is 0. The summed E-state index contributed by atoms with van der Waals surface area (Å²) in [6, 6.07) is 0.513. The highest BCUT2D eigenvalue weighted by atomic mass is 16.3. The molecule has 5 heteroatoms. The smallest absolute Gasteiger partial charge is 0.221 e. The van der Waals surface area contributed by atoms with Gasteiger partial charge in [-0.05, 0) is 18.8 Å². The molecule has 76 valence electrons. The number of nitrogens with one attached hydrogen (secondary N) is 1. The van der Waals surface area contributed by atoms with E-state index in [9.17, 15) is 0 Å². The normalized spacial score (nSPS) is 29.5. The number of fused-ring (bicyclic) bond motifs is 3. The lowest BCUT2D eigenvalue weighted by molar-refractivity contribution is 0.267. The summed E-state index contributed by atoms with van der Waals surface area (Å²) >= 11 is 0. The molecule has 5 nitrogen and oxygen atoms in total. The van der Waals surface area contributed by atoms with Gasteiger partial charge in [-0.2, -0.15) is 10.1 Å². The van der Waals surface area contributed by atoms with Crippen molar-refractivity contribution in [2.75, 3.05) is 11.9 Å². The first-order chi connectivity index (χ1) is 6.88. The fourth-order valence-corrected chi connectivity index (χ4v) is 2.59. The Morgan fingerprint density at radius 3 is 3.29 bits per heavy atom. The van der Waals surface area contributed by atoms with Crippen LogP contribution < -0.4 is 5.32 Å². The number of anilines is 1. The Labute approximate surface area is 82.1 Å². The highest BCUT2D eigenvalue weighted by Gasteiger charge is 2.34. The minimum atomic E-state index is -0.0704. The summed E-state index contributed by atoms with van der Waals surface area (Å²) in [4.78, 5) is 4.22. The lowest BCUT2D eigenvalue weighted by atomic mass is 10.0. The van der Waals surface area contributed by atoms with E-state index in [1.165, 1.54) is 19.3 Å². The molecule has 3 rings (SSSR count). The Bertz CT molecular complexity index is 349. The van der Waals surface area contributed by atoms with E-state index in [-0.39, 0.29) is 6.61 Å². The Morgan fingerprint density at radius 1 is 1.50 bits per heavy atom. The maximum absolute atomic E-state index is 8.96. The van der Waals surface area contributed by atoms with Crippen LogP contribution in [0.2, 0.25) is 0 Å². The SMILES string of the molecule is OCc1nc2n(n1)C1CCCC1CN2. The summed E-state index contributed by atoms with van der Waals surface area (Å²) in [5.41, 5.74) is 0. The molecular formula is C9H14N4O. The van der Waals surface area contributed by atoms with Crippen molar-refractivity contribution in [2.24, 2.45) is 5.92 Å². The van der Waals surface area contributed by atoms with Crippen LogP contribution in [-0.4, -0.2) is 26.4 Å². The molecule has 0 amide bonds. The van der Waals surface area contributed by atoms with Gasteiger partial charge < -0.3 is 10.4 Å². The van der Waals surface area contributed by atoms with E-state index in [1.807, 2.05) is 4.68 Å². The number of aliphatic hydroxyl groups is 1. The second-order valence-corrected chi connectivity index (χ2v) is 4.09.